The summed E-state index contributed by atoms with van der Waals surface area (Å²) in [5.74, 6) is 0.166. The number of aromatic nitrogens is 4. The van der Waals surface area contributed by atoms with Crippen LogP contribution in [0.15, 0.2) is 61.3 Å². The second-order valence-corrected chi connectivity index (χ2v) is 10.4. The average molecular weight is 516 g/mol. The number of benzene rings is 1. The van der Waals surface area contributed by atoms with Crippen LogP contribution in [0.4, 0.5) is 5.69 Å². The Balaban J connectivity index is 1.44. The van der Waals surface area contributed by atoms with Gasteiger partial charge in [0.05, 0.1) is 5.69 Å². The highest BCUT2D eigenvalue weighted by molar-refractivity contribution is 5.92. The molecule has 2 unspecified atom stereocenters. The van der Waals surface area contributed by atoms with Crippen LogP contribution in [0.2, 0.25) is 0 Å². The van der Waals surface area contributed by atoms with Gasteiger partial charge in [0.15, 0.2) is 0 Å². The summed E-state index contributed by atoms with van der Waals surface area (Å²) in [5.41, 5.74) is 2.96. The molecular formula is C29H37N7O2. The summed E-state index contributed by atoms with van der Waals surface area (Å²) >= 11 is 0. The van der Waals surface area contributed by atoms with Crippen LogP contribution in [-0.2, 0) is 29.2 Å². The highest BCUT2D eigenvalue weighted by atomic mass is 16.2. The van der Waals surface area contributed by atoms with Gasteiger partial charge in [-0.15, -0.1) is 0 Å². The molecule has 2 aliphatic rings. The summed E-state index contributed by atoms with van der Waals surface area (Å²) < 4.78 is 1.76. The van der Waals surface area contributed by atoms with E-state index in [0.717, 1.165) is 49.2 Å². The second kappa shape index (κ2) is 12.3. The number of carbonyl (C=O) groups excluding carboxylic acids is 2. The number of hydrogen-bond donors (Lipinski definition) is 0. The van der Waals surface area contributed by atoms with Gasteiger partial charge < -0.3 is 9.80 Å². The van der Waals surface area contributed by atoms with E-state index >= 15 is 0 Å². The lowest BCUT2D eigenvalue weighted by Gasteiger charge is -2.44. The molecule has 2 atom stereocenters. The lowest BCUT2D eigenvalue weighted by Crippen LogP contribution is -2.52. The van der Waals surface area contributed by atoms with Gasteiger partial charge in [-0.25, -0.2) is 4.98 Å². The van der Waals surface area contributed by atoms with Gasteiger partial charge in [-0.3, -0.25) is 24.2 Å². The lowest BCUT2D eigenvalue weighted by atomic mass is 9.92. The van der Waals surface area contributed by atoms with E-state index in [0.29, 0.717) is 45.1 Å². The predicted octanol–water partition coefficient (Wildman–Crippen LogP) is 3.66. The number of hydrogen-bond acceptors (Lipinski definition) is 6. The standard InChI is InChI=1S/C29H37N7O2/c1-23(37)35-17-14-26-10-6-11-27(36(26)19-25-9-4-5-15-31-25)20-33(18-24-8-2-3-12-28(24)35)29(38)13-7-16-34-22-30-21-32-34/h2-5,8-9,12,15,21-22,26-27H,6-7,10-11,13-14,16-20H2,1H3. The number of nitrogens with zero attached hydrogens (tertiary/aromatic N) is 7. The Kier molecular flexibility index (Phi) is 8.43. The molecule has 2 aliphatic heterocycles. The first kappa shape index (κ1) is 26.0. The third kappa shape index (κ3) is 6.27. The molecule has 2 amide bonds. The number of fused-ring (bicyclic) bond motifs is 3. The molecule has 1 fully saturated rings. The number of anilines is 1. The smallest absolute Gasteiger partial charge is 0.223 e. The summed E-state index contributed by atoms with van der Waals surface area (Å²) in [6.07, 6.45) is 10.3. The SMILES string of the molecule is CC(=O)N1CCC2CCCC(CN(C(=O)CCCn3cncn3)Cc3ccccc31)N2Cc1ccccn1. The molecule has 200 valence electrons. The van der Waals surface area contributed by atoms with Crippen molar-refractivity contribution in [2.75, 3.05) is 18.0 Å². The van der Waals surface area contributed by atoms with Crippen molar-refractivity contribution in [2.24, 2.45) is 0 Å². The van der Waals surface area contributed by atoms with E-state index in [9.17, 15) is 9.59 Å². The van der Waals surface area contributed by atoms with Crippen molar-refractivity contribution in [2.45, 2.75) is 77.2 Å². The number of carbonyl (C=O) groups is 2. The summed E-state index contributed by atoms with van der Waals surface area (Å²) in [5, 5.41) is 4.16. The fraction of sp³-hybridized carbons (Fsp3) is 0.483. The minimum Gasteiger partial charge on any atom is -0.337 e. The fourth-order valence-electron chi connectivity index (χ4n) is 5.91. The zero-order valence-corrected chi connectivity index (χ0v) is 22.2. The fourth-order valence-corrected chi connectivity index (χ4v) is 5.91. The molecule has 1 saturated heterocycles. The molecule has 38 heavy (non-hydrogen) atoms. The second-order valence-electron chi connectivity index (χ2n) is 10.4. The van der Waals surface area contributed by atoms with Crippen LogP contribution in [0.1, 0.15) is 56.7 Å². The number of amides is 2. The van der Waals surface area contributed by atoms with Crippen LogP contribution in [0.25, 0.3) is 0 Å². The molecule has 0 aliphatic carbocycles. The van der Waals surface area contributed by atoms with E-state index in [1.54, 1.807) is 17.9 Å². The molecule has 0 spiro atoms. The summed E-state index contributed by atoms with van der Waals surface area (Å²) in [7, 11) is 0. The first-order valence-electron chi connectivity index (χ1n) is 13.7. The molecule has 2 aromatic heterocycles. The van der Waals surface area contributed by atoms with Gasteiger partial charge in [-0.1, -0.05) is 30.7 Å². The van der Waals surface area contributed by atoms with Crippen LogP contribution in [-0.4, -0.2) is 66.5 Å². The molecule has 0 saturated carbocycles. The number of pyridine rings is 1. The Morgan fingerprint density at radius 2 is 1.87 bits per heavy atom. The van der Waals surface area contributed by atoms with Gasteiger partial charge >= 0.3 is 0 Å². The Bertz CT molecular complexity index is 1200. The molecule has 0 radical (unpaired) electrons. The Morgan fingerprint density at radius 1 is 1.03 bits per heavy atom. The summed E-state index contributed by atoms with van der Waals surface area (Å²) in [6, 6.07) is 14.7. The van der Waals surface area contributed by atoms with Crippen LogP contribution in [0, 0.1) is 0 Å². The molecule has 1 aromatic carbocycles. The molecule has 5 rings (SSSR count). The highest BCUT2D eigenvalue weighted by Crippen LogP contribution is 2.31. The van der Waals surface area contributed by atoms with E-state index in [1.807, 2.05) is 46.3 Å². The van der Waals surface area contributed by atoms with Crippen molar-refractivity contribution in [3.8, 4) is 0 Å². The predicted molar refractivity (Wildman–Crippen MR) is 145 cm³/mol. The van der Waals surface area contributed by atoms with Crippen LogP contribution < -0.4 is 4.90 Å². The molecule has 4 heterocycles. The molecular weight excluding hydrogens is 478 g/mol. The average Bonchev–Trinajstić information content (AvgIpc) is 3.44. The van der Waals surface area contributed by atoms with E-state index in [2.05, 4.69) is 32.1 Å². The van der Waals surface area contributed by atoms with Gasteiger partial charge in [-0.05, 0) is 49.4 Å². The molecule has 9 heteroatoms. The summed E-state index contributed by atoms with van der Waals surface area (Å²) in [4.78, 5) is 41.6. The maximum absolute atomic E-state index is 13.7. The van der Waals surface area contributed by atoms with Gasteiger partial charge in [0, 0.05) is 70.0 Å². The molecule has 2 bridgehead atoms. The van der Waals surface area contributed by atoms with Crippen LogP contribution in [0.3, 0.4) is 0 Å². The lowest BCUT2D eigenvalue weighted by molar-refractivity contribution is -0.133. The summed E-state index contributed by atoms with van der Waals surface area (Å²) in [6.45, 7) is 4.86. The minimum absolute atomic E-state index is 0.0334. The maximum atomic E-state index is 13.7. The van der Waals surface area contributed by atoms with Crippen molar-refractivity contribution in [1.82, 2.24) is 29.5 Å². The molecule has 9 nitrogen and oxygen atoms in total. The van der Waals surface area contributed by atoms with Crippen molar-refractivity contribution in [3.05, 3.63) is 72.6 Å². The number of aryl methyl sites for hydroxylation is 1. The number of para-hydroxylation sites is 1. The maximum Gasteiger partial charge on any atom is 0.223 e. The van der Waals surface area contributed by atoms with Crippen LogP contribution in [0.5, 0.6) is 0 Å². The van der Waals surface area contributed by atoms with Gasteiger partial charge in [0.2, 0.25) is 11.8 Å². The van der Waals surface area contributed by atoms with E-state index in [1.165, 1.54) is 6.33 Å². The van der Waals surface area contributed by atoms with Crippen molar-refractivity contribution in [1.29, 1.82) is 0 Å². The van der Waals surface area contributed by atoms with Crippen molar-refractivity contribution in [3.63, 3.8) is 0 Å². The highest BCUT2D eigenvalue weighted by Gasteiger charge is 2.34. The number of rotatable bonds is 6. The Morgan fingerprint density at radius 3 is 2.66 bits per heavy atom. The first-order chi connectivity index (χ1) is 18.6. The number of piperidine rings is 1. The van der Waals surface area contributed by atoms with Gasteiger partial charge in [0.25, 0.3) is 0 Å². The van der Waals surface area contributed by atoms with Gasteiger partial charge in [-0.2, -0.15) is 5.10 Å². The zero-order chi connectivity index (χ0) is 26.3. The Labute approximate surface area is 224 Å². The van der Waals surface area contributed by atoms with Crippen molar-refractivity contribution >= 4 is 17.5 Å². The normalized spacial score (nSPS) is 20.4. The van der Waals surface area contributed by atoms with Gasteiger partial charge in [0.1, 0.15) is 12.7 Å². The molecule has 3 aromatic rings. The topological polar surface area (TPSA) is 87.5 Å². The quantitative estimate of drug-likeness (QED) is 0.498. The third-order valence-corrected chi connectivity index (χ3v) is 7.82. The monoisotopic (exact) mass is 515 g/mol. The minimum atomic E-state index is 0.0334. The Hall–Kier alpha value is -3.59. The first-order valence-corrected chi connectivity index (χ1v) is 13.7. The zero-order valence-electron chi connectivity index (χ0n) is 22.2. The van der Waals surface area contributed by atoms with Crippen molar-refractivity contribution < 1.29 is 9.59 Å². The van der Waals surface area contributed by atoms with E-state index in [4.69, 9.17) is 0 Å². The van der Waals surface area contributed by atoms with Crippen LogP contribution >= 0.6 is 0 Å². The van der Waals surface area contributed by atoms with E-state index < -0.39 is 0 Å². The third-order valence-electron chi connectivity index (χ3n) is 7.82. The molecule has 0 N–H and O–H groups in total. The van der Waals surface area contributed by atoms with E-state index in [-0.39, 0.29) is 17.9 Å². The largest absolute Gasteiger partial charge is 0.337 e.